The van der Waals surface area contributed by atoms with E-state index in [0.717, 1.165) is 23.4 Å². The van der Waals surface area contributed by atoms with E-state index >= 15 is 0 Å². The van der Waals surface area contributed by atoms with Crippen LogP contribution in [0.25, 0.3) is 0 Å². The summed E-state index contributed by atoms with van der Waals surface area (Å²) in [7, 11) is -10.1. The highest BCUT2D eigenvalue weighted by atomic mass is 32.5. The van der Waals surface area contributed by atoms with E-state index in [1.54, 1.807) is 0 Å². The van der Waals surface area contributed by atoms with Crippen LogP contribution < -0.4 is 10.2 Å². The highest BCUT2D eigenvalue weighted by molar-refractivity contribution is 8.45. The molecule has 2 aliphatic carbocycles. The van der Waals surface area contributed by atoms with Crippen LogP contribution in [-0.4, -0.2) is 45.7 Å². The van der Waals surface area contributed by atoms with Crippen molar-refractivity contribution in [1.82, 2.24) is 15.2 Å². The summed E-state index contributed by atoms with van der Waals surface area (Å²) in [6.45, 7) is 0.193. The number of likely N-dealkylation sites (tertiary alicyclic amines) is 1. The summed E-state index contributed by atoms with van der Waals surface area (Å²) in [5.41, 5.74) is -2.09. The minimum atomic E-state index is -10.1. The zero-order chi connectivity index (χ0) is 31.5. The molecular weight excluding hydrogens is 610 g/mol. The Morgan fingerprint density at radius 3 is 2.21 bits per heavy atom. The molecule has 1 aromatic heterocycles. The van der Waals surface area contributed by atoms with Gasteiger partial charge in [0.1, 0.15) is 22.3 Å². The summed E-state index contributed by atoms with van der Waals surface area (Å²) >= 11 is 0. The number of nitrogens with zero attached hydrogens (tertiary/aromatic N) is 4. The molecule has 5 rings (SSSR count). The molecule has 1 N–H and O–H groups in total. The molecule has 2 heterocycles. The van der Waals surface area contributed by atoms with Gasteiger partial charge >= 0.3 is 10.2 Å². The third kappa shape index (κ3) is 5.83. The Labute approximate surface area is 241 Å². The van der Waals surface area contributed by atoms with E-state index in [4.69, 9.17) is 0 Å². The molecular formula is C27H27F8N5O2S. The average Bonchev–Trinajstić information content (AvgIpc) is 3.15. The van der Waals surface area contributed by atoms with Crippen molar-refractivity contribution in [3.63, 3.8) is 0 Å². The van der Waals surface area contributed by atoms with Crippen molar-refractivity contribution in [2.45, 2.75) is 73.4 Å². The first-order chi connectivity index (χ1) is 19.8. The minimum Gasteiger partial charge on any atom is -0.351 e. The lowest BCUT2D eigenvalue weighted by Gasteiger charge is -2.49. The highest BCUT2D eigenvalue weighted by Crippen LogP contribution is 3.02. The smallest absolute Gasteiger partial charge is 0.310 e. The second kappa shape index (κ2) is 9.70. The van der Waals surface area contributed by atoms with Crippen molar-refractivity contribution in [2.75, 3.05) is 11.4 Å². The molecule has 0 radical (unpaired) electrons. The summed E-state index contributed by atoms with van der Waals surface area (Å²) in [6, 6.07) is -0.300. The van der Waals surface area contributed by atoms with Gasteiger partial charge in [-0.05, 0) is 68.4 Å². The van der Waals surface area contributed by atoms with Gasteiger partial charge < -0.3 is 5.32 Å². The number of halogens is 8. The molecule has 3 atom stereocenters. The number of benzene rings is 1. The zero-order valence-corrected chi connectivity index (χ0v) is 23.3. The predicted molar refractivity (Wildman–Crippen MR) is 140 cm³/mol. The first-order valence-corrected chi connectivity index (χ1v) is 15.4. The van der Waals surface area contributed by atoms with Crippen LogP contribution in [-0.2, 0) is 9.59 Å². The van der Waals surface area contributed by atoms with Crippen molar-refractivity contribution in [3.05, 3.63) is 54.1 Å². The number of alkyl halides is 2. The van der Waals surface area contributed by atoms with E-state index in [2.05, 4.69) is 10.3 Å². The number of hydrogen-bond acceptors (Lipinski definition) is 5. The fourth-order valence-corrected chi connectivity index (χ4v) is 6.95. The van der Waals surface area contributed by atoms with E-state index in [-0.39, 0.29) is 49.4 Å². The van der Waals surface area contributed by atoms with Gasteiger partial charge in [0.05, 0.1) is 6.20 Å². The molecule has 2 aromatic rings. The molecule has 0 bridgehead atoms. The molecule has 7 nitrogen and oxygen atoms in total. The fraction of sp³-hybridized carbons (Fsp3) is 0.481. The van der Waals surface area contributed by atoms with Gasteiger partial charge in [0, 0.05) is 42.9 Å². The maximum atomic E-state index is 14.5. The molecule has 43 heavy (non-hydrogen) atoms. The van der Waals surface area contributed by atoms with Gasteiger partial charge in [0.25, 0.3) is 5.91 Å². The lowest BCUT2D eigenvalue weighted by Crippen LogP contribution is -2.65. The van der Waals surface area contributed by atoms with Gasteiger partial charge in [-0.25, -0.2) is 13.2 Å². The average molecular weight is 638 g/mol. The van der Waals surface area contributed by atoms with Crippen molar-refractivity contribution >= 4 is 27.7 Å². The monoisotopic (exact) mass is 637 g/mol. The number of rotatable bonds is 7. The molecule has 1 aliphatic heterocycles. The van der Waals surface area contributed by atoms with E-state index in [9.17, 15) is 47.5 Å². The molecule has 2 saturated carbocycles. The van der Waals surface area contributed by atoms with E-state index in [1.165, 1.54) is 4.90 Å². The minimum absolute atomic E-state index is 0.0891. The molecule has 3 fully saturated rings. The molecule has 3 aliphatic rings. The van der Waals surface area contributed by atoms with Crippen LogP contribution in [0, 0.1) is 23.2 Å². The molecule has 234 valence electrons. The summed E-state index contributed by atoms with van der Waals surface area (Å²) in [5.74, 6) is -6.04. The van der Waals surface area contributed by atoms with Crippen molar-refractivity contribution in [2.24, 2.45) is 5.92 Å². The van der Waals surface area contributed by atoms with Crippen LogP contribution in [0.2, 0.25) is 0 Å². The number of aromatic nitrogens is 1. The molecule has 3 unspecified atom stereocenters. The third-order valence-electron chi connectivity index (χ3n) is 8.61. The Morgan fingerprint density at radius 2 is 1.67 bits per heavy atom. The van der Waals surface area contributed by atoms with Gasteiger partial charge in [-0.1, -0.05) is 19.4 Å². The van der Waals surface area contributed by atoms with Crippen LogP contribution in [0.4, 0.5) is 38.3 Å². The number of amides is 2. The maximum absolute atomic E-state index is 14.5. The summed E-state index contributed by atoms with van der Waals surface area (Å²) in [6.07, 6.45) is 3.67. The highest BCUT2D eigenvalue weighted by Gasteiger charge is 2.66. The predicted octanol–water partition coefficient (Wildman–Crippen LogP) is 6.98. The zero-order valence-electron chi connectivity index (χ0n) is 22.5. The Kier molecular flexibility index (Phi) is 6.95. The Balaban J connectivity index is 1.62. The van der Waals surface area contributed by atoms with Crippen LogP contribution >= 0.6 is 10.2 Å². The second-order valence-electron chi connectivity index (χ2n) is 11.3. The third-order valence-corrected chi connectivity index (χ3v) is 9.78. The van der Waals surface area contributed by atoms with Crippen molar-refractivity contribution < 1.29 is 42.2 Å². The molecule has 16 heteroatoms. The number of hydrogen-bond donors (Lipinski definition) is 1. The first kappa shape index (κ1) is 30.8. The fourth-order valence-electron chi connectivity index (χ4n) is 6.30. The standard InChI is InChI=1S/C27H27F8N5O2S/c28-19-13-17(14-37-15-19)23(24(41)38-20-6-9-26(29,30)10-7-20)40(21-1-3-22(4-2-21)43(31,32,33,34)35)25(42)27-11-5-18(27)8-12-39(27)16-36/h1-4,13-15,18,20,23H,5-12H2,(H,38,41). The number of carbonyl (C=O) groups is 2. The van der Waals surface area contributed by atoms with Crippen LogP contribution in [0.1, 0.15) is 56.6 Å². The van der Waals surface area contributed by atoms with E-state index < -0.39 is 74.8 Å². The normalized spacial score (nSPS) is 25.7. The number of carbonyl (C=O) groups excluding carboxylic acids is 2. The maximum Gasteiger partial charge on any atom is 0.310 e. The van der Waals surface area contributed by atoms with E-state index in [0.29, 0.717) is 25.0 Å². The Hall–Kier alpha value is -3.61. The largest absolute Gasteiger partial charge is 0.351 e. The van der Waals surface area contributed by atoms with Gasteiger partial charge in [-0.3, -0.25) is 24.4 Å². The lowest BCUT2D eigenvalue weighted by molar-refractivity contribution is -0.138. The van der Waals surface area contributed by atoms with Crippen LogP contribution in [0.15, 0.2) is 47.6 Å². The SMILES string of the molecule is N#CN1CCC2CCC21C(=O)N(c1ccc(S(F)(F)(F)(F)F)cc1)C(C(=O)NC1CCC(F)(F)CC1)c1cncc(F)c1. The Morgan fingerprint density at radius 1 is 1.02 bits per heavy atom. The van der Waals surface area contributed by atoms with Gasteiger partial charge in [-0.15, -0.1) is 0 Å². The Bertz CT molecular complexity index is 1470. The van der Waals surface area contributed by atoms with E-state index in [1.807, 2.05) is 6.19 Å². The topological polar surface area (TPSA) is 89.3 Å². The van der Waals surface area contributed by atoms with Gasteiger partial charge in [0.2, 0.25) is 11.8 Å². The number of fused-ring (bicyclic) bond motifs is 1. The van der Waals surface area contributed by atoms with Crippen LogP contribution in [0.3, 0.4) is 0 Å². The number of nitriles is 1. The summed E-state index contributed by atoms with van der Waals surface area (Å²) in [4.78, 5) is 31.9. The summed E-state index contributed by atoms with van der Waals surface area (Å²) in [5, 5.41) is 12.4. The second-order valence-corrected chi connectivity index (χ2v) is 13.7. The van der Waals surface area contributed by atoms with Gasteiger partial charge in [0.15, 0.2) is 6.19 Å². The first-order valence-electron chi connectivity index (χ1n) is 13.5. The lowest BCUT2D eigenvalue weighted by atomic mass is 9.66. The number of pyridine rings is 1. The molecule has 1 saturated heterocycles. The number of anilines is 1. The summed E-state index contributed by atoms with van der Waals surface area (Å²) < 4.78 is 110. The van der Waals surface area contributed by atoms with Crippen molar-refractivity contribution in [1.29, 1.82) is 5.26 Å². The van der Waals surface area contributed by atoms with Gasteiger partial charge in [-0.2, -0.15) is 5.26 Å². The van der Waals surface area contributed by atoms with Crippen molar-refractivity contribution in [3.8, 4) is 6.19 Å². The quantitative estimate of drug-likeness (QED) is 0.261. The molecule has 1 aromatic carbocycles. The molecule has 0 spiro atoms. The molecule has 2 amide bonds. The number of nitrogens with one attached hydrogen (secondary N) is 1. The van der Waals surface area contributed by atoms with Crippen LogP contribution in [0.5, 0.6) is 0 Å².